The number of nitrogens with one attached hydrogen (secondary N) is 2. The minimum absolute atomic E-state index is 0.202. The van der Waals surface area contributed by atoms with Crippen molar-refractivity contribution >= 4 is 23.3 Å². The number of amides is 1. The second-order valence-electron chi connectivity index (χ2n) is 8.59. The molecule has 16 heteroatoms. The van der Waals surface area contributed by atoms with Gasteiger partial charge in [0.1, 0.15) is 0 Å². The largest absolute Gasteiger partial charge is 0.490 e. The number of hydrogen-bond acceptors (Lipinski definition) is 5. The zero-order chi connectivity index (χ0) is 30.4. The Labute approximate surface area is 221 Å². The maximum absolute atomic E-state index is 13.0. The van der Waals surface area contributed by atoms with Crippen LogP contribution in [0.5, 0.6) is 0 Å². The zero-order valence-electron chi connectivity index (χ0n) is 20.4. The van der Waals surface area contributed by atoms with Gasteiger partial charge in [-0.25, -0.2) is 4.79 Å². The fourth-order valence-corrected chi connectivity index (χ4v) is 3.59. The van der Waals surface area contributed by atoms with E-state index in [-0.39, 0.29) is 11.6 Å². The molecule has 0 saturated carbocycles. The molecule has 40 heavy (non-hydrogen) atoms. The molecule has 1 aliphatic rings. The molecule has 0 radical (unpaired) electrons. The van der Waals surface area contributed by atoms with E-state index in [9.17, 15) is 49.4 Å². The van der Waals surface area contributed by atoms with E-state index < -0.39 is 35.7 Å². The third kappa shape index (κ3) is 8.48. The van der Waals surface area contributed by atoms with Gasteiger partial charge in [0, 0.05) is 35.6 Å². The van der Waals surface area contributed by atoms with E-state index in [1.54, 1.807) is 24.3 Å². The molecular weight excluding hydrogens is 565 g/mol. The van der Waals surface area contributed by atoms with Crippen LogP contribution in [-0.4, -0.2) is 71.7 Å². The number of rotatable bonds is 7. The Balaban J connectivity index is 0.000000708. The summed E-state index contributed by atoms with van der Waals surface area (Å²) in [5, 5.41) is 22.2. The third-order valence-corrected chi connectivity index (χ3v) is 5.71. The van der Waals surface area contributed by atoms with Crippen molar-refractivity contribution in [3.05, 3.63) is 59.7 Å². The number of aliphatic carboxylic acids is 1. The van der Waals surface area contributed by atoms with Crippen molar-refractivity contribution in [1.82, 2.24) is 10.2 Å². The van der Waals surface area contributed by atoms with Crippen LogP contribution in [-0.2, 0) is 10.4 Å². The average Bonchev–Trinajstić information content (AvgIpc) is 3.36. The van der Waals surface area contributed by atoms with Crippen LogP contribution in [0.15, 0.2) is 48.5 Å². The maximum Gasteiger partial charge on any atom is 0.490 e. The second kappa shape index (κ2) is 12.8. The highest BCUT2D eigenvalue weighted by Gasteiger charge is 2.71. The lowest BCUT2D eigenvalue weighted by molar-refractivity contribution is -0.376. The SMILES string of the molecule is O=C(NCCN1CCCC1)c1ccc(Nc2ccc(C(O)(C(F)(F)F)C(F)(F)F)cc2)cc1.O=C(O)C(F)(F)F. The average molecular weight is 589 g/mol. The zero-order valence-corrected chi connectivity index (χ0v) is 20.4. The van der Waals surface area contributed by atoms with Crippen molar-refractivity contribution in [1.29, 1.82) is 0 Å². The first kappa shape index (κ1) is 32.7. The Hall–Kier alpha value is -3.53. The quantitative estimate of drug-likeness (QED) is 0.332. The van der Waals surface area contributed by atoms with E-state index in [4.69, 9.17) is 9.90 Å². The topological polar surface area (TPSA) is 102 Å². The molecule has 0 unspecified atom stereocenters. The lowest BCUT2D eigenvalue weighted by Gasteiger charge is -2.32. The summed E-state index contributed by atoms with van der Waals surface area (Å²) in [6.07, 6.45) is -14.6. The number of aliphatic hydroxyl groups is 1. The highest BCUT2D eigenvalue weighted by molar-refractivity contribution is 5.94. The summed E-state index contributed by atoms with van der Waals surface area (Å²) < 4.78 is 110. The van der Waals surface area contributed by atoms with Gasteiger partial charge in [-0.3, -0.25) is 4.79 Å². The molecule has 0 atom stereocenters. The van der Waals surface area contributed by atoms with Gasteiger partial charge in [0.2, 0.25) is 0 Å². The van der Waals surface area contributed by atoms with E-state index in [0.717, 1.165) is 44.6 Å². The first-order chi connectivity index (χ1) is 18.4. The van der Waals surface area contributed by atoms with Crippen LogP contribution in [0.3, 0.4) is 0 Å². The fourth-order valence-electron chi connectivity index (χ4n) is 3.59. The third-order valence-electron chi connectivity index (χ3n) is 5.71. The predicted octanol–water partition coefficient (Wildman–Crippen LogP) is 5.20. The van der Waals surface area contributed by atoms with Gasteiger partial charge in [0.15, 0.2) is 0 Å². The lowest BCUT2D eigenvalue weighted by Crippen LogP contribution is -2.53. The number of likely N-dealkylation sites (tertiary alicyclic amines) is 1. The molecule has 1 heterocycles. The minimum atomic E-state index is -5.94. The van der Waals surface area contributed by atoms with Gasteiger partial charge < -0.3 is 25.7 Å². The van der Waals surface area contributed by atoms with E-state index in [1.165, 1.54) is 0 Å². The summed E-state index contributed by atoms with van der Waals surface area (Å²) in [6, 6.07) is 9.34. The Morgan fingerprint density at radius 3 is 1.60 bits per heavy atom. The Morgan fingerprint density at radius 2 is 1.20 bits per heavy atom. The summed E-state index contributed by atoms with van der Waals surface area (Å²) in [4.78, 5) is 23.4. The molecule has 0 bridgehead atoms. The molecule has 0 aliphatic carbocycles. The molecule has 222 valence electrons. The van der Waals surface area contributed by atoms with Crippen molar-refractivity contribution < 1.29 is 59.3 Å². The molecule has 1 aliphatic heterocycles. The van der Waals surface area contributed by atoms with Gasteiger partial charge in [-0.05, 0) is 62.3 Å². The molecular formula is C24H24F9N3O4. The van der Waals surface area contributed by atoms with Crippen LogP contribution >= 0.6 is 0 Å². The Bertz CT molecular complexity index is 1110. The molecule has 0 spiro atoms. The second-order valence-corrected chi connectivity index (χ2v) is 8.59. The van der Waals surface area contributed by atoms with Crippen molar-refractivity contribution in [2.75, 3.05) is 31.5 Å². The number of benzene rings is 2. The van der Waals surface area contributed by atoms with E-state index in [0.29, 0.717) is 29.9 Å². The van der Waals surface area contributed by atoms with Crippen LogP contribution in [0.25, 0.3) is 0 Å². The molecule has 7 nitrogen and oxygen atoms in total. The van der Waals surface area contributed by atoms with Crippen LogP contribution in [0.2, 0.25) is 0 Å². The summed E-state index contributed by atoms with van der Waals surface area (Å²) in [7, 11) is 0. The first-order valence-electron chi connectivity index (χ1n) is 11.5. The number of nitrogens with zero attached hydrogens (tertiary/aromatic N) is 1. The number of alkyl halides is 9. The van der Waals surface area contributed by atoms with Crippen LogP contribution < -0.4 is 10.6 Å². The summed E-state index contributed by atoms with van der Waals surface area (Å²) in [5.41, 5.74) is -5.22. The summed E-state index contributed by atoms with van der Waals surface area (Å²) >= 11 is 0. The molecule has 1 fully saturated rings. The monoisotopic (exact) mass is 589 g/mol. The van der Waals surface area contributed by atoms with Gasteiger partial charge in [0.05, 0.1) is 0 Å². The molecule has 1 amide bonds. The van der Waals surface area contributed by atoms with Gasteiger partial charge in [0.25, 0.3) is 11.5 Å². The predicted molar refractivity (Wildman–Crippen MR) is 124 cm³/mol. The molecule has 4 N–H and O–H groups in total. The van der Waals surface area contributed by atoms with Crippen LogP contribution in [0.1, 0.15) is 28.8 Å². The minimum Gasteiger partial charge on any atom is -0.475 e. The van der Waals surface area contributed by atoms with Crippen LogP contribution in [0, 0.1) is 0 Å². The number of halogens is 9. The molecule has 2 aromatic carbocycles. The smallest absolute Gasteiger partial charge is 0.475 e. The number of carbonyl (C=O) groups is 2. The normalized spacial score (nSPS) is 14.8. The highest BCUT2D eigenvalue weighted by Crippen LogP contribution is 2.50. The van der Waals surface area contributed by atoms with Gasteiger partial charge >= 0.3 is 24.5 Å². The van der Waals surface area contributed by atoms with Crippen LogP contribution in [0.4, 0.5) is 50.9 Å². The number of carboxylic acid groups (broad SMARTS) is 1. The number of carboxylic acids is 1. The number of hydrogen-bond donors (Lipinski definition) is 4. The standard InChI is InChI=1S/C22H23F6N3O2.C2HF3O2/c23-21(24,25)20(33,22(26,27)28)16-5-9-18(10-6-16)30-17-7-3-15(4-8-17)19(32)29-11-14-31-12-1-2-13-31;3-2(4,5)1(6)7/h3-10,30,33H,1-2,11-14H2,(H,29,32);(H,6,7). The van der Waals surface area contributed by atoms with Crippen molar-refractivity contribution in [3.63, 3.8) is 0 Å². The van der Waals surface area contributed by atoms with Gasteiger partial charge in [-0.1, -0.05) is 12.1 Å². The fraction of sp³-hybridized carbons (Fsp3) is 0.417. The molecule has 0 aromatic heterocycles. The van der Waals surface area contributed by atoms with Crippen molar-refractivity contribution in [3.8, 4) is 0 Å². The van der Waals surface area contributed by atoms with Gasteiger partial charge in [-0.15, -0.1) is 0 Å². The summed E-state index contributed by atoms with van der Waals surface area (Å²) in [5.74, 6) is -3.00. The van der Waals surface area contributed by atoms with E-state index in [2.05, 4.69) is 15.5 Å². The van der Waals surface area contributed by atoms with E-state index >= 15 is 0 Å². The maximum atomic E-state index is 13.0. The van der Waals surface area contributed by atoms with Gasteiger partial charge in [-0.2, -0.15) is 39.5 Å². The summed E-state index contributed by atoms with van der Waals surface area (Å²) in [6.45, 7) is 3.36. The number of anilines is 2. The molecule has 1 saturated heterocycles. The lowest BCUT2D eigenvalue weighted by atomic mass is 9.92. The Morgan fingerprint density at radius 1 is 0.775 bits per heavy atom. The number of carbonyl (C=O) groups excluding carboxylic acids is 1. The van der Waals surface area contributed by atoms with Crippen molar-refractivity contribution in [2.24, 2.45) is 0 Å². The van der Waals surface area contributed by atoms with Crippen molar-refractivity contribution in [2.45, 2.75) is 37.0 Å². The first-order valence-corrected chi connectivity index (χ1v) is 11.5. The van der Waals surface area contributed by atoms with E-state index in [1.807, 2.05) is 0 Å². The Kier molecular flexibility index (Phi) is 10.4. The molecule has 2 aromatic rings. The highest BCUT2D eigenvalue weighted by atomic mass is 19.4. The molecule has 3 rings (SSSR count).